The second-order valence-electron chi connectivity index (χ2n) is 3.66. The highest BCUT2D eigenvalue weighted by molar-refractivity contribution is 5.55. The first kappa shape index (κ1) is 15.5. The van der Waals surface area contributed by atoms with Crippen molar-refractivity contribution in [3.05, 3.63) is 10.4 Å². The zero-order chi connectivity index (χ0) is 13.6. The predicted molar refractivity (Wildman–Crippen MR) is 69.7 cm³/mol. The van der Waals surface area contributed by atoms with Crippen molar-refractivity contribution < 1.29 is 14.2 Å². The monoisotopic (exact) mass is 272 g/mol. The van der Waals surface area contributed by atoms with Gasteiger partial charge in [0, 0.05) is 18.0 Å². The second-order valence-corrected chi connectivity index (χ2v) is 3.66. The van der Waals surface area contributed by atoms with Crippen LogP contribution in [0.3, 0.4) is 0 Å². The van der Waals surface area contributed by atoms with E-state index in [0.29, 0.717) is 46.2 Å². The fourth-order valence-electron chi connectivity index (χ4n) is 1.31. The average Bonchev–Trinajstić information content (AvgIpc) is 2.93. The molecule has 0 spiro atoms. The summed E-state index contributed by atoms with van der Waals surface area (Å²) in [6.07, 6.45) is 1.76. The zero-order valence-corrected chi connectivity index (χ0v) is 10.9. The molecule has 0 radical (unpaired) electrons. The van der Waals surface area contributed by atoms with Crippen molar-refractivity contribution in [2.45, 2.75) is 0 Å². The van der Waals surface area contributed by atoms with Gasteiger partial charge in [0.25, 0.3) is 0 Å². The minimum atomic E-state index is 0.355. The molecule has 9 heteroatoms. The molecule has 0 fully saturated rings. The molecule has 0 amide bonds. The molecule has 1 heterocycles. The molecular weight excluding hydrogens is 252 g/mol. The van der Waals surface area contributed by atoms with Crippen LogP contribution < -0.4 is 5.43 Å². The van der Waals surface area contributed by atoms with Gasteiger partial charge in [-0.25, -0.2) is 0 Å². The first-order valence-corrected chi connectivity index (χ1v) is 6.17. The highest BCUT2D eigenvalue weighted by Gasteiger charge is 2.02. The number of azide groups is 1. The van der Waals surface area contributed by atoms with Crippen LogP contribution in [0.15, 0.2) is 10.2 Å². The van der Waals surface area contributed by atoms with Crippen molar-refractivity contribution >= 4 is 6.34 Å². The average molecular weight is 272 g/mol. The van der Waals surface area contributed by atoms with E-state index < -0.39 is 0 Å². The molecule has 0 aromatic carbocycles. The van der Waals surface area contributed by atoms with Crippen LogP contribution in [-0.2, 0) is 14.2 Å². The topological polar surface area (TPSA) is 104 Å². The van der Waals surface area contributed by atoms with Crippen LogP contribution in [0.5, 0.6) is 0 Å². The number of nitrogens with one attached hydrogen (secondary N) is 1. The highest BCUT2D eigenvalue weighted by Crippen LogP contribution is 1.88. The van der Waals surface area contributed by atoms with E-state index in [4.69, 9.17) is 19.7 Å². The first-order valence-electron chi connectivity index (χ1n) is 6.17. The zero-order valence-electron chi connectivity index (χ0n) is 10.9. The van der Waals surface area contributed by atoms with Crippen molar-refractivity contribution in [1.82, 2.24) is 10.3 Å². The van der Waals surface area contributed by atoms with Gasteiger partial charge in [0.2, 0.25) is 0 Å². The number of rotatable bonds is 12. The first-order chi connectivity index (χ1) is 9.43. The van der Waals surface area contributed by atoms with Crippen LogP contribution in [0, 0.1) is 0 Å². The third-order valence-electron chi connectivity index (χ3n) is 2.25. The van der Waals surface area contributed by atoms with Gasteiger partial charge in [-0.05, 0) is 5.53 Å². The number of hydrogen-bond acceptors (Lipinski definition) is 7. The molecule has 0 bridgehead atoms. The number of hydrazone groups is 1. The van der Waals surface area contributed by atoms with E-state index in [1.54, 1.807) is 6.34 Å². The number of ether oxygens (including phenoxy) is 3. The summed E-state index contributed by atoms with van der Waals surface area (Å²) in [6, 6.07) is 0. The summed E-state index contributed by atoms with van der Waals surface area (Å²) in [5.74, 6) is 0. The van der Waals surface area contributed by atoms with Gasteiger partial charge in [-0.2, -0.15) is 5.10 Å². The van der Waals surface area contributed by atoms with Crippen molar-refractivity contribution in [2.24, 2.45) is 10.2 Å². The number of hydrogen-bond donors (Lipinski definition) is 1. The second kappa shape index (κ2) is 11.5. The summed E-state index contributed by atoms with van der Waals surface area (Å²) in [4.78, 5) is 4.65. The minimum absolute atomic E-state index is 0.355. The molecule has 1 aliphatic rings. The molecule has 0 aromatic rings. The summed E-state index contributed by atoms with van der Waals surface area (Å²) in [7, 11) is 0. The SMILES string of the molecule is [N-]=[N+]=NCCOCCOCCOCCN1C=NNC1. The molecular formula is C10H20N6O3. The predicted octanol–water partition coefficient (Wildman–Crippen LogP) is 0.153. The van der Waals surface area contributed by atoms with Crippen molar-refractivity contribution in [1.29, 1.82) is 0 Å². The van der Waals surface area contributed by atoms with Crippen molar-refractivity contribution in [3.8, 4) is 0 Å². The molecule has 0 aliphatic carbocycles. The molecule has 1 rings (SSSR count). The Morgan fingerprint density at radius 3 is 2.47 bits per heavy atom. The molecule has 0 aromatic heterocycles. The van der Waals surface area contributed by atoms with Gasteiger partial charge in [-0.3, -0.25) is 5.43 Å². The Kier molecular flexibility index (Phi) is 9.43. The third kappa shape index (κ3) is 9.09. The van der Waals surface area contributed by atoms with E-state index in [0.717, 1.165) is 13.2 Å². The molecule has 1 N–H and O–H groups in total. The molecule has 0 unspecified atom stereocenters. The molecule has 0 atom stereocenters. The van der Waals surface area contributed by atoms with Crippen molar-refractivity contribution in [3.63, 3.8) is 0 Å². The van der Waals surface area contributed by atoms with Gasteiger partial charge in [0.1, 0.15) is 13.0 Å². The van der Waals surface area contributed by atoms with Crippen LogP contribution in [0.25, 0.3) is 10.4 Å². The normalized spacial score (nSPS) is 13.4. The summed E-state index contributed by atoms with van der Waals surface area (Å²) in [5.41, 5.74) is 10.9. The maximum absolute atomic E-state index is 8.03. The molecule has 0 saturated carbocycles. The van der Waals surface area contributed by atoms with Crippen LogP contribution in [0.4, 0.5) is 0 Å². The van der Waals surface area contributed by atoms with E-state index in [2.05, 4.69) is 20.6 Å². The van der Waals surface area contributed by atoms with Gasteiger partial charge < -0.3 is 19.1 Å². The van der Waals surface area contributed by atoms with E-state index >= 15 is 0 Å². The Bertz CT molecular complexity index is 295. The highest BCUT2D eigenvalue weighted by atomic mass is 16.5. The van der Waals surface area contributed by atoms with Crippen LogP contribution >= 0.6 is 0 Å². The Balaban J connectivity index is 1.71. The summed E-state index contributed by atoms with van der Waals surface area (Å²) >= 11 is 0. The summed E-state index contributed by atoms with van der Waals surface area (Å²) in [5, 5.41) is 7.22. The number of nitrogens with zero attached hydrogens (tertiary/aromatic N) is 5. The fourth-order valence-corrected chi connectivity index (χ4v) is 1.31. The maximum atomic E-state index is 8.03. The van der Waals surface area contributed by atoms with E-state index in [9.17, 15) is 0 Å². The maximum Gasteiger partial charge on any atom is 0.112 e. The standard InChI is InChI=1S/C10H20N6O3/c11-15-12-1-3-17-5-7-19-8-6-18-4-2-16-9-13-14-10-16/h9,14H,1-8,10H2. The van der Waals surface area contributed by atoms with E-state index in [1.807, 2.05) is 4.90 Å². The van der Waals surface area contributed by atoms with Gasteiger partial charge in [0.15, 0.2) is 0 Å². The van der Waals surface area contributed by atoms with Gasteiger partial charge in [-0.1, -0.05) is 5.11 Å². The quantitative estimate of drug-likeness (QED) is 0.236. The van der Waals surface area contributed by atoms with Gasteiger partial charge >= 0.3 is 0 Å². The van der Waals surface area contributed by atoms with Gasteiger partial charge in [0.05, 0.1) is 39.6 Å². The Hall–Kier alpha value is -1.54. The summed E-state index contributed by atoms with van der Waals surface area (Å²) in [6.45, 7) is 5.12. The molecule has 0 saturated heterocycles. The molecule has 1 aliphatic heterocycles. The lowest BCUT2D eigenvalue weighted by atomic mass is 10.6. The van der Waals surface area contributed by atoms with E-state index in [1.165, 1.54) is 0 Å². The molecule has 9 nitrogen and oxygen atoms in total. The lowest BCUT2D eigenvalue weighted by Gasteiger charge is -2.12. The lowest BCUT2D eigenvalue weighted by molar-refractivity contribution is 0.0144. The van der Waals surface area contributed by atoms with E-state index in [-0.39, 0.29) is 0 Å². The Morgan fingerprint density at radius 2 is 1.84 bits per heavy atom. The third-order valence-corrected chi connectivity index (χ3v) is 2.25. The van der Waals surface area contributed by atoms with Crippen molar-refractivity contribution in [2.75, 3.05) is 59.4 Å². The lowest BCUT2D eigenvalue weighted by Crippen LogP contribution is -2.27. The Labute approximate surface area is 112 Å². The summed E-state index contributed by atoms with van der Waals surface area (Å²) < 4.78 is 15.9. The minimum Gasteiger partial charge on any atom is -0.379 e. The smallest absolute Gasteiger partial charge is 0.112 e. The van der Waals surface area contributed by atoms with Crippen LogP contribution in [-0.4, -0.2) is 70.6 Å². The van der Waals surface area contributed by atoms with Crippen LogP contribution in [0.1, 0.15) is 0 Å². The van der Waals surface area contributed by atoms with Gasteiger partial charge in [-0.15, -0.1) is 0 Å². The molecule has 19 heavy (non-hydrogen) atoms. The van der Waals surface area contributed by atoms with Crippen LogP contribution in [0.2, 0.25) is 0 Å². The Morgan fingerprint density at radius 1 is 1.16 bits per heavy atom. The largest absolute Gasteiger partial charge is 0.379 e. The molecule has 108 valence electrons. The fraction of sp³-hybridized carbons (Fsp3) is 0.900.